The van der Waals surface area contributed by atoms with Gasteiger partial charge in [0, 0.05) is 10.6 Å². The molecule has 5 heteroatoms. The molecule has 78 valence electrons. The molecule has 1 N–H and O–H groups in total. The fourth-order valence-corrected chi connectivity index (χ4v) is 3.79. The van der Waals surface area contributed by atoms with Crippen LogP contribution in [0.5, 0.6) is 0 Å². The summed E-state index contributed by atoms with van der Waals surface area (Å²) in [4.78, 5) is 12.1. The van der Waals surface area contributed by atoms with Crippen molar-refractivity contribution in [2.45, 2.75) is 10.6 Å². The molecule has 0 fully saturated rings. The van der Waals surface area contributed by atoms with Crippen molar-refractivity contribution >= 4 is 40.4 Å². The van der Waals surface area contributed by atoms with Gasteiger partial charge in [-0.1, -0.05) is 0 Å². The molecular formula is C10H8O2S3. The molecule has 0 aromatic carbocycles. The molecule has 2 nitrogen and oxygen atoms in total. The molecule has 0 unspecified atom stereocenters. The van der Waals surface area contributed by atoms with E-state index >= 15 is 0 Å². The predicted octanol–water partition coefficient (Wildman–Crippen LogP) is 3.80. The second-order valence-corrected chi connectivity index (χ2v) is 5.55. The summed E-state index contributed by atoms with van der Waals surface area (Å²) in [5.41, 5.74) is 1.24. The van der Waals surface area contributed by atoms with E-state index in [1.165, 1.54) is 16.9 Å². The molecular weight excluding hydrogens is 248 g/mol. The highest BCUT2D eigenvalue weighted by atomic mass is 32.2. The van der Waals surface area contributed by atoms with Crippen LogP contribution in [-0.2, 0) is 5.75 Å². The van der Waals surface area contributed by atoms with Gasteiger partial charge in [0.05, 0.1) is 0 Å². The largest absolute Gasteiger partial charge is 0.477 e. The van der Waals surface area contributed by atoms with E-state index in [0.29, 0.717) is 4.88 Å². The number of carboxylic acid groups (broad SMARTS) is 1. The minimum Gasteiger partial charge on any atom is -0.477 e. The van der Waals surface area contributed by atoms with E-state index in [1.807, 2.05) is 16.8 Å². The van der Waals surface area contributed by atoms with Crippen molar-refractivity contribution < 1.29 is 9.90 Å². The summed E-state index contributed by atoms with van der Waals surface area (Å²) in [6.07, 6.45) is 0. The molecule has 0 amide bonds. The van der Waals surface area contributed by atoms with Crippen LogP contribution in [0.2, 0.25) is 0 Å². The topological polar surface area (TPSA) is 37.3 Å². The Balaban J connectivity index is 2.05. The van der Waals surface area contributed by atoms with Crippen molar-refractivity contribution in [3.05, 3.63) is 38.7 Å². The molecule has 2 aromatic heterocycles. The molecule has 0 saturated heterocycles. The van der Waals surface area contributed by atoms with Crippen LogP contribution >= 0.6 is 34.4 Å². The number of aromatic carboxylic acids is 1. The highest BCUT2D eigenvalue weighted by Crippen LogP contribution is 2.30. The molecule has 0 spiro atoms. The summed E-state index contributed by atoms with van der Waals surface area (Å²) in [5.74, 6) is -0.00151. The number of rotatable bonds is 4. The van der Waals surface area contributed by atoms with Crippen LogP contribution in [0.3, 0.4) is 0 Å². The second-order valence-electron chi connectivity index (χ2n) is 2.84. The van der Waals surface area contributed by atoms with Crippen LogP contribution in [0.15, 0.2) is 33.2 Å². The third-order valence-electron chi connectivity index (χ3n) is 1.80. The minimum atomic E-state index is -0.835. The van der Waals surface area contributed by atoms with Gasteiger partial charge in [0.2, 0.25) is 0 Å². The van der Waals surface area contributed by atoms with Crippen molar-refractivity contribution in [1.82, 2.24) is 0 Å². The number of thiophene rings is 2. The highest BCUT2D eigenvalue weighted by Gasteiger charge is 2.11. The van der Waals surface area contributed by atoms with E-state index < -0.39 is 5.97 Å². The lowest BCUT2D eigenvalue weighted by molar-refractivity contribution is 0.0699. The maximum Gasteiger partial charge on any atom is 0.347 e. The van der Waals surface area contributed by atoms with E-state index in [-0.39, 0.29) is 0 Å². The molecule has 0 saturated carbocycles. The Bertz CT molecular complexity index is 445. The standard InChI is InChI=1S/C10H8O2S3/c11-10(12)9-8(2-4-14-9)15-6-7-1-3-13-5-7/h1-5H,6H2,(H,11,12). The van der Waals surface area contributed by atoms with Crippen LogP contribution < -0.4 is 0 Å². The molecule has 0 radical (unpaired) electrons. The minimum absolute atomic E-state index is 0.440. The van der Waals surface area contributed by atoms with E-state index in [0.717, 1.165) is 10.6 Å². The van der Waals surface area contributed by atoms with E-state index in [1.54, 1.807) is 23.1 Å². The van der Waals surface area contributed by atoms with Crippen molar-refractivity contribution in [3.63, 3.8) is 0 Å². The van der Waals surface area contributed by atoms with Gasteiger partial charge in [-0.15, -0.1) is 23.1 Å². The number of carbonyl (C=O) groups is 1. The van der Waals surface area contributed by atoms with Crippen LogP contribution in [0.4, 0.5) is 0 Å². The summed E-state index contributed by atoms with van der Waals surface area (Å²) in [6, 6.07) is 3.93. The smallest absolute Gasteiger partial charge is 0.347 e. The molecule has 15 heavy (non-hydrogen) atoms. The Hall–Kier alpha value is -0.780. The Morgan fingerprint density at radius 3 is 2.93 bits per heavy atom. The SMILES string of the molecule is O=C(O)c1sccc1SCc1ccsc1. The van der Waals surface area contributed by atoms with Gasteiger partial charge in [-0.05, 0) is 33.8 Å². The highest BCUT2D eigenvalue weighted by molar-refractivity contribution is 7.98. The summed E-state index contributed by atoms with van der Waals surface area (Å²) < 4.78 is 0. The van der Waals surface area contributed by atoms with Crippen molar-refractivity contribution in [2.75, 3.05) is 0 Å². The fourth-order valence-electron chi connectivity index (χ4n) is 1.10. The van der Waals surface area contributed by atoms with Gasteiger partial charge in [0.25, 0.3) is 0 Å². The summed E-state index contributed by atoms with van der Waals surface area (Å²) >= 11 is 4.51. The monoisotopic (exact) mass is 256 g/mol. The van der Waals surface area contributed by atoms with Gasteiger partial charge >= 0.3 is 5.97 Å². The van der Waals surface area contributed by atoms with Gasteiger partial charge in [0.15, 0.2) is 0 Å². The maximum absolute atomic E-state index is 10.8. The first-order valence-corrected chi connectivity index (χ1v) is 7.03. The first kappa shape index (κ1) is 10.7. The van der Waals surface area contributed by atoms with Crippen LogP contribution in [0.25, 0.3) is 0 Å². The Kier molecular flexibility index (Phi) is 3.45. The lowest BCUT2D eigenvalue weighted by atomic mass is 10.4. The van der Waals surface area contributed by atoms with Crippen LogP contribution in [0, 0.1) is 0 Å². The zero-order valence-corrected chi connectivity index (χ0v) is 10.1. The molecule has 2 heterocycles. The fraction of sp³-hybridized carbons (Fsp3) is 0.100. The number of hydrogen-bond acceptors (Lipinski definition) is 4. The molecule has 0 atom stereocenters. The van der Waals surface area contributed by atoms with Gasteiger partial charge in [-0.2, -0.15) is 11.3 Å². The number of carboxylic acids is 1. The Labute approximate surface area is 99.6 Å². The lowest BCUT2D eigenvalue weighted by Crippen LogP contribution is -1.93. The van der Waals surface area contributed by atoms with Gasteiger partial charge < -0.3 is 5.11 Å². The van der Waals surface area contributed by atoms with Crippen LogP contribution in [-0.4, -0.2) is 11.1 Å². The third-order valence-corrected chi connectivity index (χ3v) is 4.69. The quantitative estimate of drug-likeness (QED) is 0.845. The van der Waals surface area contributed by atoms with Crippen molar-refractivity contribution in [2.24, 2.45) is 0 Å². The molecule has 0 bridgehead atoms. The predicted molar refractivity (Wildman–Crippen MR) is 65.2 cm³/mol. The van der Waals surface area contributed by atoms with E-state index in [4.69, 9.17) is 5.11 Å². The average Bonchev–Trinajstić information content (AvgIpc) is 2.86. The third kappa shape index (κ3) is 2.62. The first-order chi connectivity index (χ1) is 7.27. The van der Waals surface area contributed by atoms with E-state index in [2.05, 4.69) is 11.4 Å². The second kappa shape index (κ2) is 4.83. The first-order valence-electron chi connectivity index (χ1n) is 4.22. The lowest BCUT2D eigenvalue weighted by Gasteiger charge is -1.98. The zero-order chi connectivity index (χ0) is 10.7. The number of hydrogen-bond donors (Lipinski definition) is 1. The Morgan fingerprint density at radius 2 is 2.27 bits per heavy atom. The molecule has 0 aliphatic carbocycles. The van der Waals surface area contributed by atoms with Crippen LogP contribution in [0.1, 0.15) is 15.2 Å². The van der Waals surface area contributed by atoms with Crippen molar-refractivity contribution in [3.8, 4) is 0 Å². The van der Waals surface area contributed by atoms with Gasteiger partial charge in [-0.3, -0.25) is 0 Å². The van der Waals surface area contributed by atoms with Gasteiger partial charge in [-0.25, -0.2) is 4.79 Å². The number of thioether (sulfide) groups is 1. The maximum atomic E-state index is 10.8. The molecule has 2 aromatic rings. The normalized spacial score (nSPS) is 10.4. The Morgan fingerprint density at radius 1 is 1.40 bits per heavy atom. The van der Waals surface area contributed by atoms with E-state index in [9.17, 15) is 4.79 Å². The summed E-state index contributed by atoms with van der Waals surface area (Å²) in [6.45, 7) is 0. The zero-order valence-electron chi connectivity index (χ0n) is 7.67. The molecule has 0 aliphatic rings. The molecule has 2 rings (SSSR count). The summed E-state index contributed by atoms with van der Waals surface area (Å²) in [5, 5.41) is 14.8. The average molecular weight is 256 g/mol. The molecule has 0 aliphatic heterocycles. The van der Waals surface area contributed by atoms with Gasteiger partial charge in [0.1, 0.15) is 4.88 Å². The summed E-state index contributed by atoms with van der Waals surface area (Å²) in [7, 11) is 0. The van der Waals surface area contributed by atoms with Crippen molar-refractivity contribution in [1.29, 1.82) is 0 Å².